The molecule has 3 atom stereocenters. The fourth-order valence-corrected chi connectivity index (χ4v) is 4.34. The second kappa shape index (κ2) is 6.32. The first-order valence-corrected chi connectivity index (χ1v) is 9.41. The van der Waals surface area contributed by atoms with Crippen LogP contribution in [0.15, 0.2) is 30.3 Å². The Morgan fingerprint density at radius 1 is 1.20 bits per heavy atom. The lowest BCUT2D eigenvalue weighted by molar-refractivity contribution is -0.134. The molecule has 1 saturated heterocycles. The predicted molar refractivity (Wildman–Crippen MR) is 98.6 cm³/mol. The fraction of sp³-hybridized carbons (Fsp3) is 0.524. The lowest BCUT2D eigenvalue weighted by Crippen LogP contribution is -2.42. The molecule has 1 aromatic carbocycles. The van der Waals surface area contributed by atoms with Gasteiger partial charge in [-0.15, -0.1) is 0 Å². The van der Waals surface area contributed by atoms with E-state index >= 15 is 0 Å². The van der Waals surface area contributed by atoms with E-state index in [0.29, 0.717) is 17.9 Å². The number of aryl methyl sites for hydroxylation is 3. The van der Waals surface area contributed by atoms with Gasteiger partial charge in [-0.1, -0.05) is 29.8 Å². The summed E-state index contributed by atoms with van der Waals surface area (Å²) in [6.45, 7) is 7.96. The van der Waals surface area contributed by atoms with Gasteiger partial charge < -0.3 is 4.90 Å². The molecule has 25 heavy (non-hydrogen) atoms. The summed E-state index contributed by atoms with van der Waals surface area (Å²) in [6.07, 6.45) is 3.18. The van der Waals surface area contributed by atoms with Crippen LogP contribution in [-0.4, -0.2) is 33.7 Å². The molecule has 1 saturated carbocycles. The molecule has 1 aliphatic heterocycles. The number of hydrogen-bond acceptors (Lipinski definition) is 2. The Balaban J connectivity index is 1.43. The van der Waals surface area contributed by atoms with Crippen molar-refractivity contribution in [2.75, 3.05) is 13.1 Å². The number of aromatic nitrogens is 2. The first kappa shape index (κ1) is 16.4. The van der Waals surface area contributed by atoms with Crippen LogP contribution >= 0.6 is 0 Å². The van der Waals surface area contributed by atoms with Crippen LogP contribution < -0.4 is 0 Å². The monoisotopic (exact) mass is 337 g/mol. The van der Waals surface area contributed by atoms with Crippen molar-refractivity contribution in [1.82, 2.24) is 14.7 Å². The van der Waals surface area contributed by atoms with Crippen molar-refractivity contribution in [2.24, 2.45) is 5.92 Å². The van der Waals surface area contributed by atoms with E-state index in [2.05, 4.69) is 58.9 Å². The highest BCUT2D eigenvalue weighted by molar-refractivity contribution is 5.83. The lowest BCUT2D eigenvalue weighted by atomic mass is 10.0. The first-order valence-electron chi connectivity index (χ1n) is 9.41. The van der Waals surface area contributed by atoms with Crippen molar-refractivity contribution < 1.29 is 4.79 Å². The average Bonchev–Trinajstić information content (AvgIpc) is 3.33. The Morgan fingerprint density at radius 2 is 2.04 bits per heavy atom. The predicted octanol–water partition coefficient (Wildman–Crippen LogP) is 3.78. The molecule has 0 bridgehead atoms. The minimum Gasteiger partial charge on any atom is -0.340 e. The zero-order valence-corrected chi connectivity index (χ0v) is 15.4. The van der Waals surface area contributed by atoms with Crippen molar-refractivity contribution >= 4 is 5.91 Å². The topological polar surface area (TPSA) is 38.1 Å². The van der Waals surface area contributed by atoms with E-state index in [0.717, 1.165) is 38.0 Å². The van der Waals surface area contributed by atoms with E-state index < -0.39 is 0 Å². The summed E-state index contributed by atoms with van der Waals surface area (Å²) in [5.41, 5.74) is 4.85. The van der Waals surface area contributed by atoms with Gasteiger partial charge in [0, 0.05) is 24.7 Å². The first-order chi connectivity index (χ1) is 12.0. The second-order valence-corrected chi connectivity index (χ2v) is 7.81. The minimum absolute atomic E-state index is 0.181. The zero-order chi connectivity index (χ0) is 17.6. The average molecular weight is 337 g/mol. The molecule has 1 aliphatic carbocycles. The minimum atomic E-state index is 0.181. The van der Waals surface area contributed by atoms with Crippen molar-refractivity contribution in [3.05, 3.63) is 52.8 Å². The third-order valence-electron chi connectivity index (χ3n) is 5.68. The fourth-order valence-electron chi connectivity index (χ4n) is 4.34. The van der Waals surface area contributed by atoms with Crippen molar-refractivity contribution in [3.8, 4) is 0 Å². The molecule has 0 radical (unpaired) electrons. The van der Waals surface area contributed by atoms with Gasteiger partial charge in [0.15, 0.2) is 0 Å². The Labute approximate surface area is 149 Å². The van der Waals surface area contributed by atoms with Crippen LogP contribution in [0.25, 0.3) is 0 Å². The Kier molecular flexibility index (Phi) is 4.14. The molecule has 2 aliphatic rings. The number of amides is 1. The van der Waals surface area contributed by atoms with E-state index in [1.807, 2.05) is 6.92 Å². The summed E-state index contributed by atoms with van der Waals surface area (Å²) in [5, 5.41) is 4.64. The highest BCUT2D eigenvalue weighted by Crippen LogP contribution is 2.49. The SMILES string of the molecule is Cc1cccc([C@@H]2C[C@H]2C(=O)N2CCC[C@H](n3nc(C)cc3C)C2)c1. The van der Waals surface area contributed by atoms with Crippen molar-refractivity contribution in [3.63, 3.8) is 0 Å². The molecule has 0 N–H and O–H groups in total. The maximum Gasteiger partial charge on any atom is 0.226 e. The Hall–Kier alpha value is -2.10. The molecule has 0 spiro atoms. The number of carbonyl (C=O) groups excluding carboxylic acids is 1. The van der Waals surface area contributed by atoms with Gasteiger partial charge in [0.05, 0.1) is 11.7 Å². The van der Waals surface area contributed by atoms with Crippen LogP contribution in [0.2, 0.25) is 0 Å². The molecule has 4 heteroatoms. The maximum absolute atomic E-state index is 13.0. The molecule has 2 fully saturated rings. The van der Waals surface area contributed by atoms with Gasteiger partial charge in [0.25, 0.3) is 0 Å². The van der Waals surface area contributed by atoms with Gasteiger partial charge >= 0.3 is 0 Å². The molecule has 4 rings (SSSR count). The highest BCUT2D eigenvalue weighted by atomic mass is 16.2. The summed E-state index contributed by atoms with van der Waals surface area (Å²) in [6, 6.07) is 11.1. The summed E-state index contributed by atoms with van der Waals surface area (Å²) in [4.78, 5) is 15.1. The van der Waals surface area contributed by atoms with E-state index in [-0.39, 0.29) is 5.92 Å². The third-order valence-corrected chi connectivity index (χ3v) is 5.68. The molecule has 1 amide bonds. The van der Waals surface area contributed by atoms with E-state index in [1.165, 1.54) is 16.8 Å². The lowest BCUT2D eigenvalue weighted by Gasteiger charge is -2.33. The molecule has 0 unspecified atom stereocenters. The summed E-state index contributed by atoms with van der Waals surface area (Å²) >= 11 is 0. The molecule has 1 aromatic heterocycles. The Morgan fingerprint density at radius 3 is 2.76 bits per heavy atom. The Bertz CT molecular complexity index is 794. The van der Waals surface area contributed by atoms with Crippen LogP contribution in [0, 0.1) is 26.7 Å². The van der Waals surface area contributed by atoms with Gasteiger partial charge in [0.1, 0.15) is 0 Å². The van der Waals surface area contributed by atoms with Crippen molar-refractivity contribution in [1.29, 1.82) is 0 Å². The third kappa shape index (κ3) is 3.22. The van der Waals surface area contributed by atoms with Gasteiger partial charge in [0.2, 0.25) is 5.91 Å². The molecule has 132 valence electrons. The van der Waals surface area contributed by atoms with Crippen LogP contribution in [0.4, 0.5) is 0 Å². The normalized spacial score (nSPS) is 25.9. The maximum atomic E-state index is 13.0. The van der Waals surface area contributed by atoms with Crippen LogP contribution in [0.1, 0.15) is 53.7 Å². The van der Waals surface area contributed by atoms with Crippen LogP contribution in [-0.2, 0) is 4.79 Å². The molecular weight excluding hydrogens is 310 g/mol. The summed E-state index contributed by atoms with van der Waals surface area (Å²) in [5.74, 6) is 0.945. The van der Waals surface area contributed by atoms with Gasteiger partial charge in [-0.3, -0.25) is 9.48 Å². The molecule has 2 aromatic rings. The number of rotatable bonds is 3. The van der Waals surface area contributed by atoms with Crippen LogP contribution in [0.3, 0.4) is 0 Å². The number of nitrogens with zero attached hydrogens (tertiary/aromatic N) is 3. The van der Waals surface area contributed by atoms with E-state index in [4.69, 9.17) is 0 Å². The van der Waals surface area contributed by atoms with E-state index in [9.17, 15) is 4.79 Å². The summed E-state index contributed by atoms with van der Waals surface area (Å²) < 4.78 is 2.12. The number of benzene rings is 1. The van der Waals surface area contributed by atoms with Crippen LogP contribution in [0.5, 0.6) is 0 Å². The summed E-state index contributed by atoms with van der Waals surface area (Å²) in [7, 11) is 0. The number of likely N-dealkylation sites (tertiary alicyclic amines) is 1. The largest absolute Gasteiger partial charge is 0.340 e. The molecule has 2 heterocycles. The zero-order valence-electron chi connectivity index (χ0n) is 15.4. The van der Waals surface area contributed by atoms with Gasteiger partial charge in [-0.25, -0.2) is 0 Å². The second-order valence-electron chi connectivity index (χ2n) is 7.81. The highest BCUT2D eigenvalue weighted by Gasteiger charge is 2.46. The van der Waals surface area contributed by atoms with Gasteiger partial charge in [-0.05, 0) is 57.6 Å². The quantitative estimate of drug-likeness (QED) is 0.855. The number of hydrogen-bond donors (Lipinski definition) is 0. The smallest absolute Gasteiger partial charge is 0.226 e. The number of carbonyl (C=O) groups is 1. The van der Waals surface area contributed by atoms with E-state index in [1.54, 1.807) is 0 Å². The standard InChI is InChI=1S/C21H27N3O/c1-14-6-4-7-17(10-14)19-12-20(19)21(25)23-9-5-8-18(13-23)24-16(3)11-15(2)22-24/h4,6-7,10-11,18-20H,5,8-9,12-13H2,1-3H3/t18-,19-,20+/m0/s1. The molecular formula is C21H27N3O. The van der Waals surface area contributed by atoms with Crippen molar-refractivity contribution in [2.45, 2.75) is 52.0 Å². The number of piperidine rings is 1. The van der Waals surface area contributed by atoms with Gasteiger partial charge in [-0.2, -0.15) is 5.10 Å². The molecule has 4 nitrogen and oxygen atoms in total.